The molecule has 3 heterocycles. The summed E-state index contributed by atoms with van der Waals surface area (Å²) in [5.74, 6) is 0.00670. The lowest BCUT2D eigenvalue weighted by molar-refractivity contribution is 0.354. The van der Waals surface area contributed by atoms with Crippen molar-refractivity contribution in [3.05, 3.63) is 34.6 Å². The fourth-order valence-electron chi connectivity index (χ4n) is 4.53. The molecule has 0 saturated carbocycles. The Bertz CT molecular complexity index is 697. The monoisotopic (exact) mass is 380 g/mol. The maximum atomic E-state index is 13.9. The van der Waals surface area contributed by atoms with Crippen LogP contribution in [0.4, 0.5) is 4.39 Å². The maximum absolute atomic E-state index is 13.9. The number of nitrogens with one attached hydrogen (secondary N) is 1. The minimum Gasteiger partial charge on any atom is -0.316 e. The molecule has 3 aliphatic heterocycles. The van der Waals surface area contributed by atoms with E-state index < -0.39 is 15.8 Å². The molecule has 0 aliphatic carbocycles. The van der Waals surface area contributed by atoms with Gasteiger partial charge in [0.05, 0.1) is 5.75 Å². The molecule has 3 fully saturated rings. The Morgan fingerprint density at radius 1 is 1.22 bits per heavy atom. The topological polar surface area (TPSA) is 49.4 Å². The maximum Gasteiger partial charge on any atom is 0.218 e. The highest BCUT2D eigenvalue weighted by Crippen LogP contribution is 2.49. The molecule has 2 bridgehead atoms. The molecule has 0 unspecified atom stereocenters. The number of fused-ring (bicyclic) bond motifs is 5. The van der Waals surface area contributed by atoms with E-state index in [2.05, 4.69) is 5.32 Å². The van der Waals surface area contributed by atoms with Gasteiger partial charge in [0.25, 0.3) is 0 Å². The third-order valence-electron chi connectivity index (χ3n) is 5.38. The number of nitrogens with zero attached hydrogens (tertiary/aromatic N) is 1. The number of benzene rings is 1. The SMILES string of the molecule is Cl.O=S(=O)(Cc1ccc(Cl)cc1F)N1[C@@H]2CC[C@H]1[C@H]1CNC[C@H]12. The highest BCUT2D eigenvalue weighted by atomic mass is 35.5. The van der Waals surface area contributed by atoms with Gasteiger partial charge in [0, 0.05) is 22.7 Å². The van der Waals surface area contributed by atoms with Gasteiger partial charge in [0.15, 0.2) is 0 Å². The number of hydrogen-bond acceptors (Lipinski definition) is 3. The summed E-state index contributed by atoms with van der Waals surface area (Å²) in [5.41, 5.74) is 0.194. The number of rotatable bonds is 3. The largest absolute Gasteiger partial charge is 0.316 e. The molecule has 4 nitrogen and oxygen atoms in total. The molecular weight excluding hydrogens is 362 g/mol. The molecule has 1 aromatic carbocycles. The molecule has 1 N–H and O–H groups in total. The summed E-state index contributed by atoms with van der Waals surface area (Å²) < 4.78 is 41.3. The molecule has 3 aliphatic rings. The molecule has 8 heteroatoms. The molecule has 0 amide bonds. The molecule has 4 atom stereocenters. The summed E-state index contributed by atoms with van der Waals surface area (Å²) in [5, 5.41) is 3.64. The lowest BCUT2D eigenvalue weighted by Gasteiger charge is -2.24. The number of sulfonamides is 1. The Morgan fingerprint density at radius 3 is 2.39 bits per heavy atom. The minimum absolute atomic E-state index is 0. The van der Waals surface area contributed by atoms with Crippen LogP contribution in [-0.4, -0.2) is 37.9 Å². The Balaban J connectivity index is 0.00000156. The first kappa shape index (κ1) is 17.4. The molecule has 0 spiro atoms. The third-order valence-corrected chi connectivity index (χ3v) is 7.48. The fraction of sp³-hybridized carbons (Fsp3) is 0.600. The first-order valence-corrected chi connectivity index (χ1v) is 9.62. The second-order valence-corrected chi connectivity index (χ2v) is 8.83. The van der Waals surface area contributed by atoms with Gasteiger partial charge in [-0.15, -0.1) is 12.4 Å². The Morgan fingerprint density at radius 2 is 1.83 bits per heavy atom. The number of hydrogen-bond donors (Lipinski definition) is 1. The standard InChI is InChI=1S/C15H18ClFN2O2S.ClH/c16-10-2-1-9(13(17)5-10)8-22(20,21)19-14-3-4-15(19)12-7-18-6-11(12)14;/h1-2,5,11-12,14-15,18H,3-4,6-8H2;1H/t11-,12+,14-,15+;. The second kappa shape index (κ2) is 6.15. The van der Waals surface area contributed by atoms with Crippen molar-refractivity contribution in [2.75, 3.05) is 13.1 Å². The average Bonchev–Trinajstić information content (AvgIpc) is 3.12. The van der Waals surface area contributed by atoms with Gasteiger partial charge in [-0.2, -0.15) is 4.31 Å². The van der Waals surface area contributed by atoms with E-state index in [-0.39, 0.29) is 40.8 Å². The van der Waals surface area contributed by atoms with E-state index in [1.165, 1.54) is 18.2 Å². The zero-order valence-corrected chi connectivity index (χ0v) is 14.8. The van der Waals surface area contributed by atoms with E-state index in [0.29, 0.717) is 11.8 Å². The van der Waals surface area contributed by atoms with E-state index in [1.54, 1.807) is 4.31 Å². The van der Waals surface area contributed by atoms with Crippen molar-refractivity contribution in [2.45, 2.75) is 30.7 Å². The molecule has 4 rings (SSSR count). The van der Waals surface area contributed by atoms with E-state index in [4.69, 9.17) is 11.6 Å². The van der Waals surface area contributed by atoms with Crippen molar-refractivity contribution in [1.29, 1.82) is 0 Å². The summed E-state index contributed by atoms with van der Waals surface area (Å²) in [4.78, 5) is 0. The van der Waals surface area contributed by atoms with Crippen LogP contribution < -0.4 is 5.32 Å². The van der Waals surface area contributed by atoms with Crippen molar-refractivity contribution in [1.82, 2.24) is 9.62 Å². The molecule has 0 aromatic heterocycles. The molecule has 1 aromatic rings. The van der Waals surface area contributed by atoms with Crippen molar-refractivity contribution in [3.8, 4) is 0 Å². The zero-order chi connectivity index (χ0) is 15.5. The summed E-state index contributed by atoms with van der Waals surface area (Å²) in [6.45, 7) is 1.79. The van der Waals surface area contributed by atoms with E-state index >= 15 is 0 Å². The Hall–Kier alpha value is -0.400. The van der Waals surface area contributed by atoms with Gasteiger partial charge in [0.1, 0.15) is 5.82 Å². The Labute approximate surface area is 146 Å². The molecule has 3 saturated heterocycles. The summed E-state index contributed by atoms with van der Waals surface area (Å²) in [6.07, 6.45) is 1.85. The van der Waals surface area contributed by atoms with Crippen LogP contribution in [0.3, 0.4) is 0 Å². The van der Waals surface area contributed by atoms with Gasteiger partial charge >= 0.3 is 0 Å². The van der Waals surface area contributed by atoms with Crippen molar-refractivity contribution in [3.63, 3.8) is 0 Å². The van der Waals surface area contributed by atoms with Crippen molar-refractivity contribution < 1.29 is 12.8 Å². The third kappa shape index (κ3) is 2.78. The summed E-state index contributed by atoms with van der Waals surface area (Å²) in [7, 11) is -3.50. The Kier molecular flexibility index (Phi) is 4.66. The molecule has 0 radical (unpaired) electrons. The van der Waals surface area contributed by atoms with Gasteiger partial charge in [0.2, 0.25) is 10.0 Å². The lowest BCUT2D eigenvalue weighted by atomic mass is 9.82. The van der Waals surface area contributed by atoms with Crippen molar-refractivity contribution >= 4 is 34.0 Å². The van der Waals surface area contributed by atoms with E-state index in [9.17, 15) is 12.8 Å². The summed E-state index contributed by atoms with van der Waals surface area (Å²) >= 11 is 5.73. The van der Waals surface area contributed by atoms with Crippen LogP contribution in [0.1, 0.15) is 18.4 Å². The van der Waals surface area contributed by atoms with Gasteiger partial charge < -0.3 is 5.32 Å². The van der Waals surface area contributed by atoms with Crippen LogP contribution in [0.2, 0.25) is 5.02 Å². The smallest absolute Gasteiger partial charge is 0.218 e. The second-order valence-electron chi connectivity index (χ2n) is 6.52. The summed E-state index contributed by atoms with van der Waals surface area (Å²) in [6, 6.07) is 4.35. The normalized spacial score (nSPS) is 32.8. The minimum atomic E-state index is -3.50. The highest BCUT2D eigenvalue weighted by Gasteiger charge is 2.58. The predicted molar refractivity (Wildman–Crippen MR) is 89.8 cm³/mol. The first-order chi connectivity index (χ1) is 10.5. The van der Waals surface area contributed by atoms with Gasteiger partial charge in [-0.25, -0.2) is 12.8 Å². The van der Waals surface area contributed by atoms with Crippen molar-refractivity contribution in [2.24, 2.45) is 11.8 Å². The van der Waals surface area contributed by atoms with Crippen LogP contribution in [-0.2, 0) is 15.8 Å². The first-order valence-electron chi connectivity index (χ1n) is 7.63. The quantitative estimate of drug-likeness (QED) is 0.875. The van der Waals surface area contributed by atoms with E-state index in [0.717, 1.165) is 25.9 Å². The zero-order valence-electron chi connectivity index (χ0n) is 12.4. The van der Waals surface area contributed by atoms with E-state index in [1.807, 2.05) is 0 Å². The van der Waals surface area contributed by atoms with Gasteiger partial charge in [-0.05, 0) is 49.9 Å². The predicted octanol–water partition coefficient (Wildman–Crippen LogP) is 2.41. The van der Waals surface area contributed by atoms with Crippen LogP contribution in [0, 0.1) is 17.7 Å². The van der Waals surface area contributed by atoms with Crippen LogP contribution in [0.15, 0.2) is 18.2 Å². The molecular formula is C15H19Cl2FN2O2S. The number of halogens is 3. The molecule has 128 valence electrons. The van der Waals surface area contributed by atoms with Crippen LogP contribution in [0.25, 0.3) is 0 Å². The lowest BCUT2D eigenvalue weighted by Crippen LogP contribution is -2.40. The highest BCUT2D eigenvalue weighted by molar-refractivity contribution is 7.88. The molecule has 23 heavy (non-hydrogen) atoms. The van der Waals surface area contributed by atoms with Crippen LogP contribution in [0.5, 0.6) is 0 Å². The average molecular weight is 381 g/mol. The van der Waals surface area contributed by atoms with Gasteiger partial charge in [-0.1, -0.05) is 17.7 Å². The van der Waals surface area contributed by atoms with Crippen LogP contribution >= 0.6 is 24.0 Å². The fourth-order valence-corrected chi connectivity index (χ4v) is 6.82. The van der Waals surface area contributed by atoms with Gasteiger partial charge in [-0.3, -0.25) is 0 Å².